The van der Waals surface area contributed by atoms with Gasteiger partial charge in [0.05, 0.1) is 11.5 Å². The number of rotatable bonds is 5. The Balaban J connectivity index is 1.88. The van der Waals surface area contributed by atoms with E-state index in [1.165, 1.54) is 12.8 Å². The number of ether oxygens (including phenoxy) is 1. The van der Waals surface area contributed by atoms with Crippen molar-refractivity contribution in [2.75, 3.05) is 20.2 Å². The lowest BCUT2D eigenvalue weighted by atomic mass is 9.94. The average molecular weight is 296 g/mol. The van der Waals surface area contributed by atoms with Gasteiger partial charge >= 0.3 is 0 Å². The summed E-state index contributed by atoms with van der Waals surface area (Å²) in [7, 11) is 1.65. The highest BCUT2D eigenvalue weighted by atomic mass is 16.5. The summed E-state index contributed by atoms with van der Waals surface area (Å²) in [5.41, 5.74) is -0.356. The molecule has 21 heavy (non-hydrogen) atoms. The van der Waals surface area contributed by atoms with Crippen LogP contribution in [0.1, 0.15) is 52.4 Å². The van der Waals surface area contributed by atoms with E-state index < -0.39 is 0 Å². The normalized spacial score (nSPS) is 24.4. The summed E-state index contributed by atoms with van der Waals surface area (Å²) in [5.74, 6) is 0.203. The van der Waals surface area contributed by atoms with Crippen LogP contribution in [0.5, 0.6) is 0 Å². The van der Waals surface area contributed by atoms with Crippen LogP contribution >= 0.6 is 0 Å². The molecule has 2 aliphatic rings. The first kappa shape index (κ1) is 16.3. The summed E-state index contributed by atoms with van der Waals surface area (Å²) in [6.45, 7) is 4.98. The molecule has 0 spiro atoms. The molecule has 5 heteroatoms. The van der Waals surface area contributed by atoms with Crippen LogP contribution in [0.2, 0.25) is 0 Å². The molecule has 1 aliphatic heterocycles. The molecule has 0 aromatic carbocycles. The van der Waals surface area contributed by atoms with Crippen molar-refractivity contribution in [1.29, 1.82) is 0 Å². The minimum Gasteiger partial charge on any atom is -0.377 e. The predicted molar refractivity (Wildman–Crippen MR) is 80.8 cm³/mol. The number of hydrogen-bond acceptors (Lipinski definition) is 3. The lowest BCUT2D eigenvalue weighted by molar-refractivity contribution is -0.141. The van der Waals surface area contributed by atoms with Gasteiger partial charge in [0, 0.05) is 32.7 Å². The van der Waals surface area contributed by atoms with Crippen molar-refractivity contribution >= 4 is 11.8 Å². The summed E-state index contributed by atoms with van der Waals surface area (Å²) < 4.78 is 5.32. The molecule has 1 atom stereocenters. The molecule has 5 nitrogen and oxygen atoms in total. The first-order valence-electron chi connectivity index (χ1n) is 8.05. The number of piperidine rings is 1. The van der Waals surface area contributed by atoms with E-state index in [9.17, 15) is 9.59 Å². The van der Waals surface area contributed by atoms with Crippen molar-refractivity contribution in [2.24, 2.45) is 5.92 Å². The lowest BCUT2D eigenvalue weighted by Gasteiger charge is -2.36. The molecule has 0 aromatic heterocycles. The third kappa shape index (κ3) is 4.19. The summed E-state index contributed by atoms with van der Waals surface area (Å²) in [6, 6.07) is 0.364. The SMILES string of the molecule is COC(C)(C)CNC(=O)[C@@H]1CCC(=O)N(C2CCCC2)C1. The van der Waals surface area contributed by atoms with Gasteiger partial charge in [0.1, 0.15) is 0 Å². The maximum Gasteiger partial charge on any atom is 0.225 e. The number of amides is 2. The number of methoxy groups -OCH3 is 1. The lowest BCUT2D eigenvalue weighted by Crippen LogP contribution is -2.50. The highest BCUT2D eigenvalue weighted by molar-refractivity contribution is 5.84. The van der Waals surface area contributed by atoms with Crippen molar-refractivity contribution in [3.05, 3.63) is 0 Å². The quantitative estimate of drug-likeness (QED) is 0.840. The fourth-order valence-corrected chi connectivity index (χ4v) is 3.17. The van der Waals surface area contributed by atoms with Crippen molar-refractivity contribution in [3.63, 3.8) is 0 Å². The van der Waals surface area contributed by atoms with E-state index >= 15 is 0 Å². The number of nitrogens with one attached hydrogen (secondary N) is 1. The summed E-state index contributed by atoms with van der Waals surface area (Å²) >= 11 is 0. The third-order valence-electron chi connectivity index (χ3n) is 4.82. The molecule has 1 saturated heterocycles. The van der Waals surface area contributed by atoms with Crippen molar-refractivity contribution in [3.8, 4) is 0 Å². The minimum absolute atomic E-state index is 0.0515. The Morgan fingerprint density at radius 2 is 2.00 bits per heavy atom. The molecular weight excluding hydrogens is 268 g/mol. The summed E-state index contributed by atoms with van der Waals surface area (Å²) in [4.78, 5) is 26.4. The molecule has 120 valence electrons. The van der Waals surface area contributed by atoms with E-state index in [2.05, 4.69) is 5.32 Å². The van der Waals surface area contributed by atoms with Gasteiger partial charge in [0.2, 0.25) is 11.8 Å². The average Bonchev–Trinajstić information content (AvgIpc) is 2.99. The Bertz CT molecular complexity index is 389. The molecule has 2 amide bonds. The van der Waals surface area contributed by atoms with Gasteiger partial charge < -0.3 is 15.0 Å². The van der Waals surface area contributed by atoms with Crippen molar-refractivity contribution < 1.29 is 14.3 Å². The van der Waals surface area contributed by atoms with E-state index in [4.69, 9.17) is 4.74 Å². The van der Waals surface area contributed by atoms with Crippen LogP contribution in [0.15, 0.2) is 0 Å². The maximum atomic E-state index is 12.3. The van der Waals surface area contributed by atoms with Crippen LogP contribution in [-0.4, -0.2) is 48.6 Å². The van der Waals surface area contributed by atoms with Crippen LogP contribution in [0.3, 0.4) is 0 Å². The first-order chi connectivity index (χ1) is 9.93. The number of carbonyl (C=O) groups excluding carboxylic acids is 2. The van der Waals surface area contributed by atoms with Crippen molar-refractivity contribution in [2.45, 2.75) is 64.0 Å². The van der Waals surface area contributed by atoms with Crippen LogP contribution < -0.4 is 5.32 Å². The molecule has 1 aliphatic carbocycles. The molecule has 1 saturated carbocycles. The molecule has 2 fully saturated rings. The molecule has 0 bridgehead atoms. The van der Waals surface area contributed by atoms with Gasteiger partial charge in [-0.2, -0.15) is 0 Å². The summed E-state index contributed by atoms with van der Waals surface area (Å²) in [6.07, 6.45) is 5.76. The van der Waals surface area contributed by atoms with Crippen molar-refractivity contribution in [1.82, 2.24) is 10.2 Å². The smallest absolute Gasteiger partial charge is 0.225 e. The van der Waals surface area contributed by atoms with Gasteiger partial charge in [-0.1, -0.05) is 12.8 Å². The third-order valence-corrected chi connectivity index (χ3v) is 4.82. The van der Waals surface area contributed by atoms with E-state index in [1.54, 1.807) is 7.11 Å². The number of hydrogen-bond donors (Lipinski definition) is 1. The highest BCUT2D eigenvalue weighted by Crippen LogP contribution is 2.28. The minimum atomic E-state index is -0.356. The van der Waals surface area contributed by atoms with Gasteiger partial charge in [-0.3, -0.25) is 9.59 Å². The molecular formula is C16H28N2O3. The van der Waals surface area contributed by atoms with Crippen LogP contribution in [-0.2, 0) is 14.3 Å². The van der Waals surface area contributed by atoms with E-state index in [0.717, 1.165) is 12.8 Å². The second-order valence-electron chi connectivity index (χ2n) is 6.90. The van der Waals surface area contributed by atoms with Crippen LogP contribution in [0.25, 0.3) is 0 Å². The standard InChI is InChI=1S/C16H28N2O3/c1-16(2,21-3)11-17-15(20)12-8-9-14(19)18(10-12)13-6-4-5-7-13/h12-13H,4-11H2,1-3H3,(H,17,20)/t12-/m1/s1. The Morgan fingerprint density at radius 3 is 2.62 bits per heavy atom. The Morgan fingerprint density at radius 1 is 1.33 bits per heavy atom. The van der Waals surface area contributed by atoms with E-state index in [1.807, 2.05) is 18.7 Å². The van der Waals surface area contributed by atoms with Gasteiger partial charge in [0.25, 0.3) is 0 Å². The second-order valence-corrected chi connectivity index (χ2v) is 6.90. The number of likely N-dealkylation sites (tertiary alicyclic amines) is 1. The van der Waals surface area contributed by atoms with Crippen LogP contribution in [0, 0.1) is 5.92 Å². The molecule has 2 rings (SSSR count). The topological polar surface area (TPSA) is 58.6 Å². The van der Waals surface area contributed by atoms with Gasteiger partial charge in [-0.15, -0.1) is 0 Å². The maximum absolute atomic E-state index is 12.3. The molecule has 0 radical (unpaired) electrons. The first-order valence-corrected chi connectivity index (χ1v) is 8.05. The van der Waals surface area contributed by atoms with Crippen LogP contribution in [0.4, 0.5) is 0 Å². The van der Waals surface area contributed by atoms with Gasteiger partial charge in [-0.05, 0) is 33.1 Å². The number of carbonyl (C=O) groups is 2. The van der Waals surface area contributed by atoms with E-state index in [-0.39, 0.29) is 23.3 Å². The molecule has 0 unspecified atom stereocenters. The fraction of sp³-hybridized carbons (Fsp3) is 0.875. The zero-order chi connectivity index (χ0) is 15.5. The second kappa shape index (κ2) is 6.77. The Hall–Kier alpha value is -1.10. The monoisotopic (exact) mass is 296 g/mol. The zero-order valence-electron chi connectivity index (χ0n) is 13.5. The fourth-order valence-electron chi connectivity index (χ4n) is 3.17. The molecule has 1 N–H and O–H groups in total. The van der Waals surface area contributed by atoms with Gasteiger partial charge in [0.15, 0.2) is 0 Å². The highest BCUT2D eigenvalue weighted by Gasteiger charge is 2.35. The molecule has 1 heterocycles. The largest absolute Gasteiger partial charge is 0.377 e. The van der Waals surface area contributed by atoms with E-state index in [0.29, 0.717) is 32.0 Å². The van der Waals surface area contributed by atoms with Gasteiger partial charge in [-0.25, -0.2) is 0 Å². The summed E-state index contributed by atoms with van der Waals surface area (Å²) in [5, 5.41) is 2.97. The molecule has 0 aromatic rings. The zero-order valence-corrected chi connectivity index (χ0v) is 13.5. The Labute approximate surface area is 127 Å². The predicted octanol–water partition coefficient (Wildman–Crippen LogP) is 1.71. The Kier molecular flexibility index (Phi) is 5.25. The number of nitrogens with zero attached hydrogens (tertiary/aromatic N) is 1.